The Bertz CT molecular complexity index is 4870. The van der Waals surface area contributed by atoms with Gasteiger partial charge in [0.05, 0.1) is 11.0 Å². The molecule has 13 aromatic rings. The molecule has 3 aliphatic rings. The van der Waals surface area contributed by atoms with Crippen LogP contribution in [0.25, 0.3) is 49.7 Å². The summed E-state index contributed by atoms with van der Waals surface area (Å²) in [5, 5.41) is 2.45. The van der Waals surface area contributed by atoms with Crippen LogP contribution in [0.4, 0.5) is 51.2 Å². The SMILES string of the molecule is Cc1cc2c3c(c1)N(c1ccc(-c4c(C)cc(N(c5ccccc5)c5ccc6c(c5)c5ccccc5n6-c5ccccc5)cc4C)cc1)c1ccc(C(C)(C)C)cc1B3c1cc3c(cc1O2)-c1ccc(N(c2ccccc2)c2ccccc2)cc1C3(C)C. The number of para-hydroxylation sites is 5. The van der Waals surface area contributed by atoms with E-state index >= 15 is 0 Å². The van der Waals surface area contributed by atoms with E-state index in [0.717, 1.165) is 68.2 Å². The third-order valence-electron chi connectivity index (χ3n) is 19.0. The molecule has 6 heteroatoms. The molecule has 88 heavy (non-hydrogen) atoms. The van der Waals surface area contributed by atoms with E-state index in [0.29, 0.717) is 0 Å². The summed E-state index contributed by atoms with van der Waals surface area (Å²) in [6.07, 6.45) is 0. The Morgan fingerprint density at radius 3 is 1.66 bits per heavy atom. The monoisotopic (exact) mass is 1130 g/mol. The van der Waals surface area contributed by atoms with Gasteiger partial charge in [0.15, 0.2) is 0 Å². The first kappa shape index (κ1) is 53.2. The molecule has 424 valence electrons. The molecule has 0 amide bonds. The largest absolute Gasteiger partial charge is 0.458 e. The molecule has 3 heterocycles. The Balaban J connectivity index is 0.774. The molecule has 0 saturated carbocycles. The van der Waals surface area contributed by atoms with Gasteiger partial charge in [-0.05, 0) is 232 Å². The van der Waals surface area contributed by atoms with Crippen LogP contribution in [0.1, 0.15) is 68.0 Å². The summed E-state index contributed by atoms with van der Waals surface area (Å²) in [4.78, 5) is 7.28. The molecule has 1 aromatic heterocycles. The van der Waals surface area contributed by atoms with Crippen LogP contribution < -0.4 is 35.8 Å². The molecule has 16 rings (SSSR count). The molecule has 2 aliphatic heterocycles. The Morgan fingerprint density at radius 1 is 0.420 bits per heavy atom. The fraction of sp³-hybridized carbons (Fsp3) is 0.122. The molecule has 12 aromatic carbocycles. The van der Waals surface area contributed by atoms with Crippen molar-refractivity contribution in [2.24, 2.45) is 0 Å². The van der Waals surface area contributed by atoms with Crippen LogP contribution in [0.5, 0.6) is 11.5 Å². The highest BCUT2D eigenvalue weighted by atomic mass is 16.5. The molecule has 0 unspecified atom stereocenters. The Labute approximate surface area is 517 Å². The number of benzene rings is 12. The molecule has 0 spiro atoms. The first-order chi connectivity index (χ1) is 42.8. The zero-order chi connectivity index (χ0) is 59.7. The highest BCUT2D eigenvalue weighted by molar-refractivity contribution is 6.99. The fourth-order valence-electron chi connectivity index (χ4n) is 14.9. The Hall–Kier alpha value is -10.3. The van der Waals surface area contributed by atoms with Gasteiger partial charge in [0.25, 0.3) is 6.71 Å². The predicted molar refractivity (Wildman–Crippen MR) is 372 cm³/mol. The number of anilines is 9. The molecule has 0 N–H and O–H groups in total. The van der Waals surface area contributed by atoms with Gasteiger partial charge in [-0.2, -0.15) is 0 Å². The van der Waals surface area contributed by atoms with Gasteiger partial charge in [0.1, 0.15) is 11.5 Å². The van der Waals surface area contributed by atoms with E-state index < -0.39 is 0 Å². The van der Waals surface area contributed by atoms with E-state index in [9.17, 15) is 0 Å². The van der Waals surface area contributed by atoms with Gasteiger partial charge >= 0.3 is 0 Å². The van der Waals surface area contributed by atoms with Crippen molar-refractivity contribution in [2.45, 2.75) is 66.2 Å². The predicted octanol–water partition coefficient (Wildman–Crippen LogP) is 20.3. The third kappa shape index (κ3) is 8.44. The standard InChI is InChI=1S/C82H67BN4O/c1-52-43-76-80-78(44-52)88-77-50-67-65-40-38-63(84(57-23-13-9-14-24-57)58-25-15-10-16-26-58)49-69(65)82(7,8)70(67)51-72(77)83(80)71-47-56(81(4,5)6)35-41-75(71)87(76)61-36-33-55(34-37-61)79-53(2)45-64(46-54(79)3)85(59-27-17-11-18-28-59)62-39-42-74-68(48-62)66-31-21-22-32-73(66)86(74)60-29-19-12-20-30-60/h9-51H,1-8H3. The Kier molecular flexibility index (Phi) is 12.2. The number of rotatable bonds is 9. The van der Waals surface area contributed by atoms with Gasteiger partial charge in [-0.15, -0.1) is 0 Å². The van der Waals surface area contributed by atoms with Crippen molar-refractivity contribution >= 4 is 96.1 Å². The molecular weight excluding hydrogens is 1070 g/mol. The molecule has 0 fully saturated rings. The second-order valence-corrected chi connectivity index (χ2v) is 25.9. The number of hydrogen-bond acceptors (Lipinski definition) is 4. The minimum atomic E-state index is -0.288. The number of aromatic nitrogens is 1. The minimum Gasteiger partial charge on any atom is -0.458 e. The average Bonchev–Trinajstić information content (AvgIpc) is 1.22. The second kappa shape index (κ2) is 20.2. The molecule has 1 aliphatic carbocycles. The highest BCUT2D eigenvalue weighted by Gasteiger charge is 2.45. The number of aryl methyl sites for hydroxylation is 3. The van der Waals surface area contributed by atoms with E-state index in [1.165, 1.54) is 94.0 Å². The van der Waals surface area contributed by atoms with Gasteiger partial charge in [-0.3, -0.25) is 0 Å². The van der Waals surface area contributed by atoms with Crippen LogP contribution >= 0.6 is 0 Å². The summed E-state index contributed by atoms with van der Waals surface area (Å²) in [7, 11) is 0. The number of nitrogens with zero attached hydrogens (tertiary/aromatic N) is 4. The van der Waals surface area contributed by atoms with E-state index in [2.05, 4.69) is 336 Å². The smallest absolute Gasteiger partial charge is 0.256 e. The number of hydrogen-bond donors (Lipinski definition) is 0. The third-order valence-corrected chi connectivity index (χ3v) is 19.0. The van der Waals surface area contributed by atoms with E-state index in [-0.39, 0.29) is 17.5 Å². The molecule has 0 saturated heterocycles. The van der Waals surface area contributed by atoms with Crippen molar-refractivity contribution < 1.29 is 4.74 Å². The molecule has 5 nitrogen and oxygen atoms in total. The first-order valence-electron chi connectivity index (χ1n) is 30.9. The van der Waals surface area contributed by atoms with Gasteiger partial charge in [0.2, 0.25) is 0 Å². The van der Waals surface area contributed by atoms with Crippen LogP contribution in [-0.2, 0) is 10.8 Å². The zero-order valence-corrected chi connectivity index (χ0v) is 51.1. The summed E-state index contributed by atoms with van der Waals surface area (Å²) in [6.45, 7) is 18.5. The lowest BCUT2D eigenvalue weighted by atomic mass is 9.33. The minimum absolute atomic E-state index is 0.0509. The average molecular weight is 1140 g/mol. The number of ether oxygens (including phenoxy) is 1. The lowest BCUT2D eigenvalue weighted by Gasteiger charge is -2.41. The first-order valence-corrected chi connectivity index (χ1v) is 30.9. The van der Waals surface area contributed by atoms with Crippen molar-refractivity contribution in [1.82, 2.24) is 4.57 Å². The molecular formula is C82H67BN4O. The van der Waals surface area contributed by atoms with Crippen LogP contribution in [0.2, 0.25) is 0 Å². The van der Waals surface area contributed by atoms with Gasteiger partial charge < -0.3 is 24.0 Å². The molecule has 0 radical (unpaired) electrons. The van der Waals surface area contributed by atoms with Crippen molar-refractivity contribution in [3.8, 4) is 39.4 Å². The fourth-order valence-corrected chi connectivity index (χ4v) is 14.9. The highest BCUT2D eigenvalue weighted by Crippen LogP contribution is 2.53. The van der Waals surface area contributed by atoms with Crippen LogP contribution in [-0.4, -0.2) is 11.3 Å². The van der Waals surface area contributed by atoms with Crippen molar-refractivity contribution in [3.63, 3.8) is 0 Å². The van der Waals surface area contributed by atoms with Gasteiger partial charge in [-0.25, -0.2) is 0 Å². The summed E-state index contributed by atoms with van der Waals surface area (Å²) < 4.78 is 9.67. The summed E-state index contributed by atoms with van der Waals surface area (Å²) in [5.74, 6) is 1.85. The Morgan fingerprint density at radius 2 is 1.00 bits per heavy atom. The van der Waals surface area contributed by atoms with E-state index in [1.807, 2.05) is 0 Å². The van der Waals surface area contributed by atoms with Crippen molar-refractivity contribution in [1.29, 1.82) is 0 Å². The molecule has 0 atom stereocenters. The quantitative estimate of drug-likeness (QED) is 0.134. The van der Waals surface area contributed by atoms with Crippen molar-refractivity contribution in [3.05, 3.63) is 294 Å². The molecule has 0 bridgehead atoms. The lowest BCUT2D eigenvalue weighted by Crippen LogP contribution is -2.60. The van der Waals surface area contributed by atoms with Crippen molar-refractivity contribution in [2.75, 3.05) is 14.7 Å². The second-order valence-electron chi connectivity index (χ2n) is 25.9. The normalized spacial score (nSPS) is 13.4. The lowest BCUT2D eigenvalue weighted by molar-refractivity contribution is 0.487. The summed E-state index contributed by atoms with van der Waals surface area (Å²) in [6, 6.07) is 96.4. The topological polar surface area (TPSA) is 23.9 Å². The van der Waals surface area contributed by atoms with Gasteiger partial charge in [-0.1, -0.05) is 162 Å². The number of fused-ring (bicyclic) bond motifs is 10. The summed E-state index contributed by atoms with van der Waals surface area (Å²) >= 11 is 0. The van der Waals surface area contributed by atoms with Crippen LogP contribution in [0.15, 0.2) is 261 Å². The van der Waals surface area contributed by atoms with E-state index in [4.69, 9.17) is 4.74 Å². The summed E-state index contributed by atoms with van der Waals surface area (Å²) in [5.41, 5.74) is 29.6. The maximum atomic E-state index is 7.29. The van der Waals surface area contributed by atoms with E-state index in [1.54, 1.807) is 0 Å². The maximum absolute atomic E-state index is 7.29. The van der Waals surface area contributed by atoms with Gasteiger partial charge in [0, 0.05) is 73.1 Å². The maximum Gasteiger partial charge on any atom is 0.256 e. The van der Waals surface area contributed by atoms with Crippen LogP contribution in [0, 0.1) is 20.8 Å². The van der Waals surface area contributed by atoms with Crippen LogP contribution in [0.3, 0.4) is 0 Å². The zero-order valence-electron chi connectivity index (χ0n) is 51.1.